The van der Waals surface area contributed by atoms with Gasteiger partial charge in [-0.1, -0.05) is 11.6 Å². The maximum absolute atomic E-state index is 11.0. The smallest absolute Gasteiger partial charge is 0.368 e. The summed E-state index contributed by atoms with van der Waals surface area (Å²) in [6.45, 7) is 0. The van der Waals surface area contributed by atoms with Crippen LogP contribution in [0.5, 0.6) is 5.75 Å². The number of benzene rings is 1. The van der Waals surface area contributed by atoms with E-state index in [-0.39, 0.29) is 0 Å². The van der Waals surface area contributed by atoms with Crippen LogP contribution in [-0.2, 0) is 4.79 Å². The molecule has 2 aromatic rings. The zero-order valence-corrected chi connectivity index (χ0v) is 9.28. The van der Waals surface area contributed by atoms with Gasteiger partial charge in [0.1, 0.15) is 18.4 Å². The molecule has 0 saturated heterocycles. The molecule has 0 aliphatic carbocycles. The Bertz CT molecular complexity index is 498. The number of aliphatic carboxylic acids is 1. The molecule has 0 aliphatic heterocycles. The van der Waals surface area contributed by atoms with Crippen molar-refractivity contribution in [1.82, 2.24) is 14.8 Å². The van der Waals surface area contributed by atoms with E-state index < -0.39 is 12.2 Å². The Kier molecular flexibility index (Phi) is 3.24. The number of halogens is 1. The van der Waals surface area contributed by atoms with Crippen LogP contribution in [0, 0.1) is 0 Å². The van der Waals surface area contributed by atoms with Crippen LogP contribution < -0.4 is 4.74 Å². The van der Waals surface area contributed by atoms with Crippen molar-refractivity contribution in [3.8, 4) is 5.75 Å². The van der Waals surface area contributed by atoms with Crippen LogP contribution in [-0.4, -0.2) is 25.8 Å². The molecule has 1 heterocycles. The summed E-state index contributed by atoms with van der Waals surface area (Å²) in [5.74, 6) is -0.775. The summed E-state index contributed by atoms with van der Waals surface area (Å²) in [5, 5.41) is 13.3. The van der Waals surface area contributed by atoms with Crippen LogP contribution in [0.4, 0.5) is 0 Å². The van der Waals surface area contributed by atoms with Gasteiger partial charge >= 0.3 is 5.97 Å². The summed E-state index contributed by atoms with van der Waals surface area (Å²) in [7, 11) is 0. The minimum Gasteiger partial charge on any atom is -0.477 e. The fraction of sp³-hybridized carbons (Fsp3) is 0.100. The first-order chi connectivity index (χ1) is 8.16. The number of carboxylic acids is 1. The second kappa shape index (κ2) is 4.84. The molecular formula is C10H8ClN3O3. The fourth-order valence-electron chi connectivity index (χ4n) is 1.20. The normalized spacial score (nSPS) is 12.1. The Hall–Kier alpha value is -2.08. The monoisotopic (exact) mass is 253 g/mol. The molecule has 0 fully saturated rings. The molecular weight excluding hydrogens is 246 g/mol. The highest BCUT2D eigenvalue weighted by Crippen LogP contribution is 2.19. The molecule has 1 atom stereocenters. The van der Waals surface area contributed by atoms with Gasteiger partial charge in [0.25, 0.3) is 6.23 Å². The van der Waals surface area contributed by atoms with E-state index in [4.69, 9.17) is 21.4 Å². The molecule has 1 aromatic carbocycles. The van der Waals surface area contributed by atoms with Gasteiger partial charge in [-0.3, -0.25) is 0 Å². The van der Waals surface area contributed by atoms with Crippen molar-refractivity contribution in [2.45, 2.75) is 6.23 Å². The lowest BCUT2D eigenvalue weighted by atomic mass is 10.3. The van der Waals surface area contributed by atoms with Crippen molar-refractivity contribution in [2.75, 3.05) is 0 Å². The number of nitrogens with zero attached hydrogens (tertiary/aromatic N) is 3. The second-order valence-corrected chi connectivity index (χ2v) is 3.57. The van der Waals surface area contributed by atoms with Gasteiger partial charge in [0.15, 0.2) is 0 Å². The van der Waals surface area contributed by atoms with E-state index in [0.29, 0.717) is 10.8 Å². The minimum atomic E-state index is -1.25. The number of ether oxygens (including phenoxy) is 1. The molecule has 0 bridgehead atoms. The SMILES string of the molecule is O=C(O)C(Oc1ccc(Cl)cc1)n1cncn1. The maximum atomic E-state index is 11.0. The number of carbonyl (C=O) groups is 1. The lowest BCUT2D eigenvalue weighted by Gasteiger charge is -2.14. The topological polar surface area (TPSA) is 77.2 Å². The molecule has 88 valence electrons. The highest BCUT2D eigenvalue weighted by molar-refractivity contribution is 6.30. The summed E-state index contributed by atoms with van der Waals surface area (Å²) in [5.41, 5.74) is 0. The molecule has 17 heavy (non-hydrogen) atoms. The van der Waals surface area contributed by atoms with Gasteiger partial charge in [0, 0.05) is 5.02 Å². The van der Waals surface area contributed by atoms with E-state index in [2.05, 4.69) is 10.1 Å². The molecule has 0 radical (unpaired) electrons. The van der Waals surface area contributed by atoms with Crippen LogP contribution in [0.3, 0.4) is 0 Å². The van der Waals surface area contributed by atoms with Gasteiger partial charge in [-0.15, -0.1) is 0 Å². The van der Waals surface area contributed by atoms with Crippen LogP contribution in [0.1, 0.15) is 6.23 Å². The van der Waals surface area contributed by atoms with E-state index >= 15 is 0 Å². The highest BCUT2D eigenvalue weighted by Gasteiger charge is 2.22. The average Bonchev–Trinajstić information content (AvgIpc) is 2.81. The highest BCUT2D eigenvalue weighted by atomic mass is 35.5. The quantitative estimate of drug-likeness (QED) is 0.895. The van der Waals surface area contributed by atoms with E-state index in [1.807, 2.05) is 0 Å². The van der Waals surface area contributed by atoms with E-state index in [9.17, 15) is 4.79 Å². The van der Waals surface area contributed by atoms with Crippen molar-refractivity contribution in [2.24, 2.45) is 0 Å². The molecule has 7 heteroatoms. The average molecular weight is 254 g/mol. The number of aromatic nitrogens is 3. The first-order valence-corrected chi connectivity index (χ1v) is 5.04. The third-order valence-electron chi connectivity index (χ3n) is 1.95. The summed E-state index contributed by atoms with van der Waals surface area (Å²) in [6, 6.07) is 6.37. The van der Waals surface area contributed by atoms with Gasteiger partial charge < -0.3 is 9.84 Å². The first-order valence-electron chi connectivity index (χ1n) is 4.66. The lowest BCUT2D eigenvalue weighted by Crippen LogP contribution is -2.25. The summed E-state index contributed by atoms with van der Waals surface area (Å²) in [6.07, 6.45) is 1.26. The molecule has 6 nitrogen and oxygen atoms in total. The minimum absolute atomic E-state index is 0.386. The van der Waals surface area contributed by atoms with E-state index in [1.165, 1.54) is 12.7 Å². The number of carboxylic acid groups (broad SMARTS) is 1. The van der Waals surface area contributed by atoms with Gasteiger partial charge in [-0.2, -0.15) is 5.10 Å². The molecule has 0 spiro atoms. The van der Waals surface area contributed by atoms with Crippen LogP contribution in [0.15, 0.2) is 36.9 Å². The standard InChI is InChI=1S/C10H8ClN3O3/c11-7-1-3-8(4-2-7)17-9(10(15)16)14-6-12-5-13-14/h1-6,9H,(H,15,16). The Morgan fingerprint density at radius 3 is 2.65 bits per heavy atom. The molecule has 0 amide bonds. The Labute approximate surface area is 101 Å². The largest absolute Gasteiger partial charge is 0.477 e. The van der Waals surface area contributed by atoms with Gasteiger partial charge in [0.2, 0.25) is 0 Å². The van der Waals surface area contributed by atoms with Crippen LogP contribution >= 0.6 is 11.6 Å². The Balaban J connectivity index is 2.19. The van der Waals surface area contributed by atoms with Gasteiger partial charge in [-0.05, 0) is 24.3 Å². The van der Waals surface area contributed by atoms with Crippen LogP contribution in [0.25, 0.3) is 0 Å². The maximum Gasteiger partial charge on any atom is 0.368 e. The third kappa shape index (κ3) is 2.73. The summed E-state index contributed by atoms with van der Waals surface area (Å²) >= 11 is 5.71. The number of hydrogen-bond acceptors (Lipinski definition) is 4. The first kappa shape index (κ1) is 11.4. The molecule has 1 aromatic heterocycles. The van der Waals surface area contributed by atoms with Gasteiger partial charge in [0.05, 0.1) is 0 Å². The Morgan fingerprint density at radius 1 is 1.41 bits per heavy atom. The Morgan fingerprint density at radius 2 is 2.12 bits per heavy atom. The molecule has 0 aliphatic rings. The molecule has 0 saturated carbocycles. The number of hydrogen-bond donors (Lipinski definition) is 1. The fourth-order valence-corrected chi connectivity index (χ4v) is 1.32. The molecule has 2 rings (SSSR count). The van der Waals surface area contributed by atoms with E-state index in [0.717, 1.165) is 4.68 Å². The summed E-state index contributed by atoms with van der Waals surface area (Å²) < 4.78 is 6.39. The van der Waals surface area contributed by atoms with Crippen molar-refractivity contribution >= 4 is 17.6 Å². The van der Waals surface area contributed by atoms with Crippen molar-refractivity contribution < 1.29 is 14.6 Å². The van der Waals surface area contributed by atoms with Gasteiger partial charge in [-0.25, -0.2) is 14.5 Å². The molecule has 1 N–H and O–H groups in total. The van der Waals surface area contributed by atoms with Crippen molar-refractivity contribution in [3.05, 3.63) is 41.9 Å². The zero-order chi connectivity index (χ0) is 12.3. The third-order valence-corrected chi connectivity index (χ3v) is 2.20. The summed E-state index contributed by atoms with van der Waals surface area (Å²) in [4.78, 5) is 14.7. The van der Waals surface area contributed by atoms with Crippen LogP contribution in [0.2, 0.25) is 5.02 Å². The zero-order valence-electron chi connectivity index (χ0n) is 8.52. The second-order valence-electron chi connectivity index (χ2n) is 3.14. The van der Waals surface area contributed by atoms with Crippen molar-refractivity contribution in [1.29, 1.82) is 0 Å². The van der Waals surface area contributed by atoms with Crippen molar-refractivity contribution in [3.63, 3.8) is 0 Å². The molecule has 1 unspecified atom stereocenters. The lowest BCUT2D eigenvalue weighted by molar-refractivity contribution is -0.150. The predicted molar refractivity (Wildman–Crippen MR) is 58.8 cm³/mol. The number of rotatable bonds is 4. The predicted octanol–water partition coefficient (Wildman–Crippen LogP) is 1.59. The van der Waals surface area contributed by atoms with E-state index in [1.54, 1.807) is 24.3 Å².